The molecule has 2 heteroatoms. The summed E-state index contributed by atoms with van der Waals surface area (Å²) in [5.74, 6) is 1.63. The van der Waals surface area contributed by atoms with Gasteiger partial charge in [-0.25, -0.2) is 0 Å². The Morgan fingerprint density at radius 1 is 1.33 bits per heavy atom. The lowest BCUT2D eigenvalue weighted by Crippen LogP contribution is -2.50. The minimum atomic E-state index is 0.00301. The van der Waals surface area contributed by atoms with E-state index in [0.717, 1.165) is 18.4 Å². The lowest BCUT2D eigenvalue weighted by molar-refractivity contribution is 0.0263. The van der Waals surface area contributed by atoms with Crippen molar-refractivity contribution in [3.8, 4) is 6.07 Å². The molecule has 3 unspecified atom stereocenters. The average molecular weight is 282 g/mol. The van der Waals surface area contributed by atoms with Crippen LogP contribution in [0.25, 0.3) is 0 Å². The number of rotatable bonds is 4. The van der Waals surface area contributed by atoms with Crippen molar-refractivity contribution in [1.82, 2.24) is 5.32 Å². The summed E-state index contributed by atoms with van der Waals surface area (Å²) in [5, 5.41) is 13.3. The molecule has 0 spiro atoms. The number of nitrogens with one attached hydrogen (secondary N) is 1. The van der Waals surface area contributed by atoms with Gasteiger partial charge in [0.2, 0.25) is 0 Å². The second-order valence-corrected chi connectivity index (χ2v) is 7.30. The molecular weight excluding hydrogens is 256 g/mol. The van der Waals surface area contributed by atoms with Gasteiger partial charge in [0.25, 0.3) is 0 Å². The van der Waals surface area contributed by atoms with Crippen molar-refractivity contribution in [1.29, 1.82) is 5.26 Å². The van der Waals surface area contributed by atoms with E-state index in [1.54, 1.807) is 0 Å². The van der Waals surface area contributed by atoms with E-state index >= 15 is 0 Å². The van der Waals surface area contributed by atoms with Crippen LogP contribution in [0.15, 0.2) is 30.3 Å². The van der Waals surface area contributed by atoms with Crippen LogP contribution in [-0.4, -0.2) is 6.04 Å². The Bertz CT molecular complexity index is 500. The molecule has 0 amide bonds. The highest BCUT2D eigenvalue weighted by molar-refractivity contribution is 5.16. The molecule has 1 aromatic rings. The Hall–Kier alpha value is -1.33. The van der Waals surface area contributed by atoms with Crippen LogP contribution in [-0.2, 0) is 6.54 Å². The monoisotopic (exact) mass is 282 g/mol. The third-order valence-corrected chi connectivity index (χ3v) is 5.57. The van der Waals surface area contributed by atoms with Gasteiger partial charge in [-0.1, -0.05) is 50.1 Å². The van der Waals surface area contributed by atoms with Crippen LogP contribution in [0.2, 0.25) is 0 Å². The van der Waals surface area contributed by atoms with E-state index in [0.29, 0.717) is 0 Å². The zero-order chi connectivity index (χ0) is 14.7. The summed E-state index contributed by atoms with van der Waals surface area (Å²) in [6.07, 6.45) is 7.78. The van der Waals surface area contributed by atoms with Crippen molar-refractivity contribution < 1.29 is 0 Å². The quantitative estimate of drug-likeness (QED) is 0.895. The Morgan fingerprint density at radius 2 is 2.14 bits per heavy atom. The molecule has 3 rings (SSSR count). The highest BCUT2D eigenvalue weighted by Gasteiger charge is 2.46. The van der Waals surface area contributed by atoms with Crippen molar-refractivity contribution >= 4 is 0 Å². The molecule has 1 aromatic carbocycles. The summed E-state index contributed by atoms with van der Waals surface area (Å²) in [7, 11) is 0. The summed E-state index contributed by atoms with van der Waals surface area (Å²) in [6, 6.07) is 13.0. The minimum absolute atomic E-state index is 0.00301. The summed E-state index contributed by atoms with van der Waals surface area (Å²) < 4.78 is 0. The fourth-order valence-corrected chi connectivity index (χ4v) is 4.85. The second-order valence-electron chi connectivity index (χ2n) is 7.30. The number of benzene rings is 1. The van der Waals surface area contributed by atoms with Gasteiger partial charge >= 0.3 is 0 Å². The molecule has 2 fully saturated rings. The molecule has 112 valence electrons. The second kappa shape index (κ2) is 6.20. The first-order chi connectivity index (χ1) is 10.2. The smallest absolute Gasteiger partial charge is 0.101 e. The zero-order valence-corrected chi connectivity index (χ0v) is 13.0. The minimum Gasteiger partial charge on any atom is -0.297 e. The van der Waals surface area contributed by atoms with Crippen molar-refractivity contribution in [3.63, 3.8) is 0 Å². The predicted molar refractivity (Wildman–Crippen MR) is 85.5 cm³/mol. The Labute approximate surface area is 128 Å². The van der Waals surface area contributed by atoms with Crippen molar-refractivity contribution in [2.75, 3.05) is 0 Å². The number of nitrogens with zero attached hydrogens (tertiary/aromatic N) is 1. The predicted octanol–water partition coefficient (Wildman–Crippen LogP) is 4.27. The molecule has 0 aliphatic heterocycles. The zero-order valence-electron chi connectivity index (χ0n) is 13.0. The molecule has 2 aliphatic carbocycles. The number of hydrogen-bond acceptors (Lipinski definition) is 2. The van der Waals surface area contributed by atoms with Crippen LogP contribution in [0.1, 0.15) is 51.0 Å². The maximum Gasteiger partial charge on any atom is 0.101 e. The van der Waals surface area contributed by atoms with Gasteiger partial charge in [-0.2, -0.15) is 5.26 Å². The maximum absolute atomic E-state index is 9.74. The molecule has 1 N–H and O–H groups in total. The topological polar surface area (TPSA) is 35.8 Å². The highest BCUT2D eigenvalue weighted by Crippen LogP contribution is 2.52. The molecule has 2 nitrogen and oxygen atoms in total. The van der Waals surface area contributed by atoms with Gasteiger partial charge in [0.15, 0.2) is 0 Å². The molecule has 2 saturated carbocycles. The SMILES string of the molecule is CC1CC2CCC[C@@](C(C#N)NCc3ccccc3)(C1)C2. The van der Waals surface area contributed by atoms with Gasteiger partial charge in [-0.05, 0) is 48.5 Å². The first kappa shape index (κ1) is 14.6. The van der Waals surface area contributed by atoms with Crippen molar-refractivity contribution in [2.24, 2.45) is 17.3 Å². The molecule has 4 atom stereocenters. The Balaban J connectivity index is 1.71. The molecule has 2 aliphatic rings. The third-order valence-electron chi connectivity index (χ3n) is 5.57. The largest absolute Gasteiger partial charge is 0.297 e. The van der Waals surface area contributed by atoms with Crippen LogP contribution in [0.4, 0.5) is 0 Å². The molecule has 2 bridgehead atoms. The van der Waals surface area contributed by atoms with Gasteiger partial charge in [0, 0.05) is 6.54 Å². The van der Waals surface area contributed by atoms with Crippen LogP contribution in [0.3, 0.4) is 0 Å². The van der Waals surface area contributed by atoms with E-state index < -0.39 is 0 Å². The fourth-order valence-electron chi connectivity index (χ4n) is 4.85. The normalized spacial score (nSPS) is 33.1. The van der Waals surface area contributed by atoms with E-state index in [9.17, 15) is 5.26 Å². The number of fused-ring (bicyclic) bond motifs is 2. The van der Waals surface area contributed by atoms with Gasteiger partial charge in [-0.15, -0.1) is 0 Å². The van der Waals surface area contributed by atoms with Crippen LogP contribution in [0, 0.1) is 28.6 Å². The third kappa shape index (κ3) is 3.14. The van der Waals surface area contributed by atoms with E-state index in [-0.39, 0.29) is 11.5 Å². The lowest BCUT2D eigenvalue weighted by Gasteiger charge is -2.50. The molecule has 0 saturated heterocycles. The number of hydrogen-bond donors (Lipinski definition) is 1. The maximum atomic E-state index is 9.74. The van der Waals surface area contributed by atoms with E-state index in [4.69, 9.17) is 0 Å². The molecule has 0 aromatic heterocycles. The highest BCUT2D eigenvalue weighted by atomic mass is 14.9. The van der Waals surface area contributed by atoms with Gasteiger partial charge < -0.3 is 0 Å². The van der Waals surface area contributed by atoms with Crippen LogP contribution < -0.4 is 5.32 Å². The van der Waals surface area contributed by atoms with Crippen molar-refractivity contribution in [2.45, 2.75) is 58.0 Å². The molecule has 0 heterocycles. The standard InChI is InChI=1S/C19H26N2/c1-15-10-17-8-5-9-19(11-15,12-17)18(13-20)21-14-16-6-3-2-4-7-16/h2-4,6-7,15,17-18,21H,5,8-12,14H2,1H3/t15?,17?,18?,19-/m1/s1. The van der Waals surface area contributed by atoms with Crippen LogP contribution in [0.5, 0.6) is 0 Å². The average Bonchev–Trinajstić information content (AvgIpc) is 2.48. The first-order valence-corrected chi connectivity index (χ1v) is 8.39. The molecule has 0 radical (unpaired) electrons. The molecular formula is C19H26N2. The first-order valence-electron chi connectivity index (χ1n) is 8.39. The van der Waals surface area contributed by atoms with E-state index in [1.807, 2.05) is 6.07 Å². The van der Waals surface area contributed by atoms with Crippen LogP contribution >= 0.6 is 0 Å². The summed E-state index contributed by atoms with van der Waals surface area (Å²) >= 11 is 0. The van der Waals surface area contributed by atoms with Gasteiger partial charge in [0.1, 0.15) is 6.04 Å². The Kier molecular flexibility index (Phi) is 4.31. The van der Waals surface area contributed by atoms with Crippen molar-refractivity contribution in [3.05, 3.63) is 35.9 Å². The summed E-state index contributed by atoms with van der Waals surface area (Å²) in [4.78, 5) is 0. The fraction of sp³-hybridized carbons (Fsp3) is 0.632. The summed E-state index contributed by atoms with van der Waals surface area (Å²) in [5.41, 5.74) is 1.50. The van der Waals surface area contributed by atoms with Gasteiger partial charge in [0.05, 0.1) is 6.07 Å². The van der Waals surface area contributed by atoms with Gasteiger partial charge in [-0.3, -0.25) is 5.32 Å². The molecule has 21 heavy (non-hydrogen) atoms. The number of nitriles is 1. The Morgan fingerprint density at radius 3 is 2.90 bits per heavy atom. The van der Waals surface area contributed by atoms with E-state index in [1.165, 1.54) is 44.1 Å². The lowest BCUT2D eigenvalue weighted by atomic mass is 9.56. The van der Waals surface area contributed by atoms with E-state index in [2.05, 4.69) is 42.6 Å². The summed E-state index contributed by atoms with van der Waals surface area (Å²) in [6.45, 7) is 3.18.